The van der Waals surface area contributed by atoms with Crippen LogP contribution >= 0.6 is 27.7 Å². The average molecular weight is 334 g/mol. The van der Waals surface area contributed by atoms with Crippen LogP contribution in [0.2, 0.25) is 0 Å². The molecule has 1 aliphatic rings. The van der Waals surface area contributed by atoms with Crippen LogP contribution in [-0.4, -0.2) is 5.75 Å². The van der Waals surface area contributed by atoms with Gasteiger partial charge in [-0.2, -0.15) is 11.8 Å². The third-order valence-corrected chi connectivity index (χ3v) is 4.99. The summed E-state index contributed by atoms with van der Waals surface area (Å²) in [7, 11) is 0. The Morgan fingerprint density at radius 2 is 2.05 bits per heavy atom. The van der Waals surface area contributed by atoms with E-state index in [1.807, 2.05) is 11.8 Å². The van der Waals surface area contributed by atoms with Gasteiger partial charge in [-0.15, -0.1) is 0 Å². The van der Waals surface area contributed by atoms with E-state index in [0.29, 0.717) is 6.04 Å². The van der Waals surface area contributed by atoms with Crippen LogP contribution in [0, 0.1) is 0 Å². The Morgan fingerprint density at radius 3 is 2.95 bits per heavy atom. The van der Waals surface area contributed by atoms with Gasteiger partial charge in [-0.05, 0) is 28.8 Å². The molecule has 3 rings (SSSR count). The highest BCUT2D eigenvalue weighted by molar-refractivity contribution is 9.10. The Hall–Kier alpha value is -0.770. The van der Waals surface area contributed by atoms with E-state index in [4.69, 9.17) is 0 Å². The molecule has 2 aromatic rings. The maximum Gasteiger partial charge on any atom is 0.0417 e. The van der Waals surface area contributed by atoms with E-state index in [1.165, 1.54) is 16.7 Å². The summed E-state index contributed by atoms with van der Waals surface area (Å²) in [5, 5.41) is 3.68. The minimum atomic E-state index is 0.467. The number of rotatable bonds is 3. The summed E-state index contributed by atoms with van der Waals surface area (Å²) in [6.45, 7) is 0.916. The monoisotopic (exact) mass is 333 g/mol. The molecule has 0 fully saturated rings. The van der Waals surface area contributed by atoms with Crippen molar-refractivity contribution >= 4 is 27.7 Å². The molecule has 0 aromatic heterocycles. The topological polar surface area (TPSA) is 12.0 Å². The molecule has 1 N–H and O–H groups in total. The molecule has 3 heteroatoms. The predicted octanol–water partition coefficient (Wildman–Crippen LogP) is 4.53. The number of nitrogens with one attached hydrogen (secondary N) is 1. The van der Waals surface area contributed by atoms with Crippen molar-refractivity contribution in [3.8, 4) is 0 Å². The quantitative estimate of drug-likeness (QED) is 0.885. The van der Waals surface area contributed by atoms with Gasteiger partial charge in [-0.25, -0.2) is 0 Å². The van der Waals surface area contributed by atoms with Crippen LogP contribution in [0.5, 0.6) is 0 Å². The highest BCUT2D eigenvalue weighted by Gasteiger charge is 2.19. The van der Waals surface area contributed by atoms with Crippen molar-refractivity contribution in [3.05, 3.63) is 69.7 Å². The Balaban J connectivity index is 1.71. The van der Waals surface area contributed by atoms with Crippen molar-refractivity contribution in [3.63, 3.8) is 0 Å². The summed E-state index contributed by atoms with van der Waals surface area (Å²) in [5.41, 5.74) is 4.27. The molecule has 0 saturated carbocycles. The number of benzene rings is 2. The van der Waals surface area contributed by atoms with Crippen molar-refractivity contribution in [1.82, 2.24) is 5.32 Å². The maximum atomic E-state index is 3.68. The second kappa shape index (κ2) is 6.12. The zero-order valence-electron chi connectivity index (χ0n) is 10.6. The lowest BCUT2D eigenvalue weighted by Gasteiger charge is -2.26. The van der Waals surface area contributed by atoms with Gasteiger partial charge in [0.15, 0.2) is 0 Å². The normalized spacial score (nSPS) is 18.1. The molecule has 0 aliphatic carbocycles. The number of hydrogen-bond acceptors (Lipinski definition) is 2. The van der Waals surface area contributed by atoms with Gasteiger partial charge in [0, 0.05) is 28.6 Å². The first kappa shape index (κ1) is 13.2. The van der Waals surface area contributed by atoms with Crippen molar-refractivity contribution < 1.29 is 0 Å². The molecule has 0 bridgehead atoms. The molecule has 1 unspecified atom stereocenters. The molecular weight excluding hydrogens is 318 g/mol. The van der Waals surface area contributed by atoms with Crippen LogP contribution in [-0.2, 0) is 12.3 Å². The van der Waals surface area contributed by atoms with Gasteiger partial charge >= 0.3 is 0 Å². The second-order valence-electron chi connectivity index (χ2n) is 4.78. The molecule has 19 heavy (non-hydrogen) atoms. The Kier molecular flexibility index (Phi) is 4.26. The van der Waals surface area contributed by atoms with Crippen LogP contribution in [0.25, 0.3) is 0 Å². The molecular formula is C16H16BrNS. The fourth-order valence-electron chi connectivity index (χ4n) is 2.44. The summed E-state index contributed by atoms with van der Waals surface area (Å²) in [4.78, 5) is 0. The van der Waals surface area contributed by atoms with Crippen molar-refractivity contribution in [2.24, 2.45) is 0 Å². The van der Waals surface area contributed by atoms with E-state index in [0.717, 1.165) is 22.5 Å². The summed E-state index contributed by atoms with van der Waals surface area (Å²) in [6, 6.07) is 17.7. The maximum absolute atomic E-state index is 3.68. The van der Waals surface area contributed by atoms with Gasteiger partial charge < -0.3 is 5.32 Å². The number of halogens is 1. The molecule has 1 nitrogen and oxygen atoms in total. The first-order valence-corrected chi connectivity index (χ1v) is 8.41. The number of fused-ring (bicyclic) bond motifs is 1. The zero-order valence-corrected chi connectivity index (χ0v) is 13.0. The van der Waals surface area contributed by atoms with Gasteiger partial charge in [0.2, 0.25) is 0 Å². The van der Waals surface area contributed by atoms with E-state index in [2.05, 4.69) is 69.8 Å². The lowest BCUT2D eigenvalue weighted by atomic mass is 10.0. The van der Waals surface area contributed by atoms with Crippen LogP contribution < -0.4 is 5.32 Å². The first-order chi connectivity index (χ1) is 9.33. The minimum Gasteiger partial charge on any atom is -0.305 e. The molecule has 1 atom stereocenters. The van der Waals surface area contributed by atoms with E-state index in [-0.39, 0.29) is 0 Å². The third kappa shape index (κ3) is 3.22. The van der Waals surface area contributed by atoms with Gasteiger partial charge in [-0.1, -0.05) is 52.3 Å². The minimum absolute atomic E-state index is 0.467. The highest BCUT2D eigenvalue weighted by Crippen LogP contribution is 2.31. The summed E-state index contributed by atoms with van der Waals surface area (Å²) < 4.78 is 1.14. The fraction of sp³-hybridized carbons (Fsp3) is 0.250. The van der Waals surface area contributed by atoms with E-state index in [9.17, 15) is 0 Å². The molecule has 0 spiro atoms. The first-order valence-electron chi connectivity index (χ1n) is 6.46. The lowest BCUT2D eigenvalue weighted by Crippen LogP contribution is -2.26. The fourth-order valence-corrected chi connectivity index (χ4v) is 4.02. The molecule has 1 heterocycles. The average Bonchev–Trinajstić information content (AvgIpc) is 2.45. The highest BCUT2D eigenvalue weighted by atomic mass is 79.9. The third-order valence-electron chi connectivity index (χ3n) is 3.41. The number of hydrogen-bond donors (Lipinski definition) is 1. The standard InChI is InChI=1S/C16H16BrNS/c17-14-6-3-4-12(8-14)9-18-16-11-19-10-13-5-1-2-7-15(13)16/h1-8,16,18H,9-11H2. The molecule has 1 aliphatic heterocycles. The Morgan fingerprint density at radius 1 is 1.16 bits per heavy atom. The van der Waals surface area contributed by atoms with Gasteiger partial charge in [0.05, 0.1) is 0 Å². The predicted molar refractivity (Wildman–Crippen MR) is 86.3 cm³/mol. The summed E-state index contributed by atoms with van der Waals surface area (Å²) >= 11 is 5.53. The summed E-state index contributed by atoms with van der Waals surface area (Å²) in [6.07, 6.45) is 0. The van der Waals surface area contributed by atoms with Gasteiger partial charge in [0.25, 0.3) is 0 Å². The van der Waals surface area contributed by atoms with Crippen LogP contribution in [0.1, 0.15) is 22.7 Å². The zero-order chi connectivity index (χ0) is 13.1. The molecule has 2 aromatic carbocycles. The SMILES string of the molecule is Brc1cccc(CNC2CSCc3ccccc32)c1. The molecule has 0 radical (unpaired) electrons. The molecule has 0 amide bonds. The van der Waals surface area contributed by atoms with Crippen LogP contribution in [0.15, 0.2) is 53.0 Å². The van der Waals surface area contributed by atoms with Crippen molar-refractivity contribution in [2.75, 3.05) is 5.75 Å². The largest absolute Gasteiger partial charge is 0.305 e. The van der Waals surface area contributed by atoms with Crippen LogP contribution in [0.3, 0.4) is 0 Å². The lowest BCUT2D eigenvalue weighted by molar-refractivity contribution is 0.575. The van der Waals surface area contributed by atoms with E-state index < -0.39 is 0 Å². The van der Waals surface area contributed by atoms with E-state index in [1.54, 1.807) is 0 Å². The summed E-state index contributed by atoms with van der Waals surface area (Å²) in [5.74, 6) is 2.30. The molecule has 0 saturated heterocycles. The number of thioether (sulfide) groups is 1. The van der Waals surface area contributed by atoms with Crippen LogP contribution in [0.4, 0.5) is 0 Å². The second-order valence-corrected chi connectivity index (χ2v) is 6.72. The van der Waals surface area contributed by atoms with Crippen molar-refractivity contribution in [2.45, 2.75) is 18.3 Å². The van der Waals surface area contributed by atoms with Gasteiger partial charge in [0.1, 0.15) is 0 Å². The van der Waals surface area contributed by atoms with Gasteiger partial charge in [-0.3, -0.25) is 0 Å². The molecule has 98 valence electrons. The van der Waals surface area contributed by atoms with Crippen molar-refractivity contribution in [1.29, 1.82) is 0 Å². The Bertz CT molecular complexity index is 570. The van der Waals surface area contributed by atoms with E-state index >= 15 is 0 Å². The Labute approximate surface area is 126 Å². The smallest absolute Gasteiger partial charge is 0.0417 e.